The van der Waals surface area contributed by atoms with Crippen LogP contribution in [0.15, 0.2) is 42.7 Å². The number of carbonyl (C=O) groups excluding carboxylic acids is 1. The summed E-state index contributed by atoms with van der Waals surface area (Å²) in [6.07, 6.45) is 3.09. The van der Waals surface area contributed by atoms with Gasteiger partial charge in [-0.05, 0) is 19.1 Å². The van der Waals surface area contributed by atoms with E-state index >= 15 is 0 Å². The summed E-state index contributed by atoms with van der Waals surface area (Å²) >= 11 is 0. The fourth-order valence-electron chi connectivity index (χ4n) is 1.95. The zero-order chi connectivity index (χ0) is 13.9. The molecule has 0 aliphatic rings. The van der Waals surface area contributed by atoms with Crippen LogP contribution < -0.4 is 0 Å². The lowest BCUT2D eigenvalue weighted by molar-refractivity contribution is 0.0519. The zero-order valence-electron chi connectivity index (χ0n) is 10.9. The van der Waals surface area contributed by atoms with Gasteiger partial charge in [-0.2, -0.15) is 10.2 Å². The van der Waals surface area contributed by atoms with Gasteiger partial charge in [0.25, 0.3) is 0 Å². The number of para-hydroxylation sites is 1. The summed E-state index contributed by atoms with van der Waals surface area (Å²) in [7, 11) is 0. The number of aromatic nitrogens is 4. The molecule has 0 saturated heterocycles. The van der Waals surface area contributed by atoms with Gasteiger partial charge in [0.15, 0.2) is 5.69 Å². The number of hydrogen-bond acceptors (Lipinski definition) is 5. The van der Waals surface area contributed by atoms with Gasteiger partial charge in [-0.3, -0.25) is 0 Å². The average molecular weight is 268 g/mol. The second-order valence-corrected chi connectivity index (χ2v) is 4.09. The van der Waals surface area contributed by atoms with Crippen molar-refractivity contribution in [2.45, 2.75) is 6.92 Å². The van der Waals surface area contributed by atoms with E-state index in [0.717, 1.165) is 10.9 Å². The quantitative estimate of drug-likeness (QED) is 0.679. The first kappa shape index (κ1) is 12.3. The van der Waals surface area contributed by atoms with Crippen LogP contribution >= 0.6 is 0 Å². The third-order valence-corrected chi connectivity index (χ3v) is 2.81. The first-order valence-corrected chi connectivity index (χ1v) is 6.23. The van der Waals surface area contributed by atoms with Crippen molar-refractivity contribution in [1.82, 2.24) is 20.0 Å². The molecule has 6 heteroatoms. The maximum Gasteiger partial charge on any atom is 0.359 e. The summed E-state index contributed by atoms with van der Waals surface area (Å²) in [6, 6.07) is 9.38. The van der Waals surface area contributed by atoms with Crippen LogP contribution in [-0.4, -0.2) is 32.6 Å². The Kier molecular flexibility index (Phi) is 3.12. The summed E-state index contributed by atoms with van der Waals surface area (Å²) in [6.45, 7) is 2.05. The molecule has 20 heavy (non-hydrogen) atoms. The van der Waals surface area contributed by atoms with E-state index in [9.17, 15) is 4.79 Å². The topological polar surface area (TPSA) is 69.9 Å². The lowest BCUT2D eigenvalue weighted by Gasteiger charge is -2.08. The maximum absolute atomic E-state index is 12.1. The molecule has 3 rings (SSSR count). The molecule has 0 aliphatic carbocycles. The van der Waals surface area contributed by atoms with Gasteiger partial charge < -0.3 is 4.74 Å². The molecule has 3 aromatic rings. The Bertz CT molecular complexity index is 753. The van der Waals surface area contributed by atoms with E-state index in [1.165, 1.54) is 4.80 Å². The predicted molar refractivity (Wildman–Crippen MR) is 72.6 cm³/mol. The minimum atomic E-state index is -0.481. The standard InChI is InChI=1S/C14H12N4O2/c1-2-20-14(19)13-12(18-15-7-8-16-18)9-10-5-3-4-6-11(10)17-13/h3-9H,2H2,1H3. The van der Waals surface area contributed by atoms with Gasteiger partial charge in [0.1, 0.15) is 5.69 Å². The van der Waals surface area contributed by atoms with Crippen molar-refractivity contribution in [3.8, 4) is 5.69 Å². The van der Waals surface area contributed by atoms with Gasteiger partial charge >= 0.3 is 5.97 Å². The molecule has 100 valence electrons. The monoisotopic (exact) mass is 268 g/mol. The Balaban J connectivity index is 2.23. The maximum atomic E-state index is 12.1. The fraction of sp³-hybridized carbons (Fsp3) is 0.143. The first-order valence-electron chi connectivity index (χ1n) is 6.23. The molecule has 0 aliphatic heterocycles. The molecular weight excluding hydrogens is 256 g/mol. The molecule has 0 saturated carbocycles. The number of ether oxygens (including phenoxy) is 1. The number of nitrogens with zero attached hydrogens (tertiary/aromatic N) is 4. The van der Waals surface area contributed by atoms with Crippen molar-refractivity contribution in [3.63, 3.8) is 0 Å². The summed E-state index contributed by atoms with van der Waals surface area (Å²) in [5.41, 5.74) is 1.44. The van der Waals surface area contributed by atoms with Crippen molar-refractivity contribution in [1.29, 1.82) is 0 Å². The molecule has 6 nitrogen and oxygen atoms in total. The summed E-state index contributed by atoms with van der Waals surface area (Å²) in [5.74, 6) is -0.481. The predicted octanol–water partition coefficient (Wildman–Crippen LogP) is 1.99. The molecular formula is C14H12N4O2. The molecule has 2 aromatic heterocycles. The second kappa shape index (κ2) is 5.08. The molecule has 2 heterocycles. The number of benzene rings is 1. The number of hydrogen-bond donors (Lipinski definition) is 0. The Morgan fingerprint density at radius 1 is 1.25 bits per heavy atom. The van der Waals surface area contributed by atoms with E-state index in [1.54, 1.807) is 19.3 Å². The van der Waals surface area contributed by atoms with Crippen LogP contribution in [-0.2, 0) is 4.74 Å². The van der Waals surface area contributed by atoms with Crippen LogP contribution in [0, 0.1) is 0 Å². The Labute approximate surface area is 115 Å². The van der Waals surface area contributed by atoms with Crippen LogP contribution in [0.2, 0.25) is 0 Å². The van der Waals surface area contributed by atoms with Crippen LogP contribution in [0.25, 0.3) is 16.6 Å². The summed E-state index contributed by atoms with van der Waals surface area (Å²) in [5, 5.41) is 9.02. The van der Waals surface area contributed by atoms with Crippen LogP contribution in [0.5, 0.6) is 0 Å². The third-order valence-electron chi connectivity index (χ3n) is 2.81. The van der Waals surface area contributed by atoms with Gasteiger partial charge in [-0.1, -0.05) is 18.2 Å². The van der Waals surface area contributed by atoms with Crippen LogP contribution in [0.3, 0.4) is 0 Å². The minimum Gasteiger partial charge on any atom is -0.461 e. The number of carbonyl (C=O) groups is 1. The summed E-state index contributed by atoms with van der Waals surface area (Å²) < 4.78 is 5.05. The normalized spacial score (nSPS) is 10.7. The lowest BCUT2D eigenvalue weighted by atomic mass is 10.2. The van der Waals surface area contributed by atoms with E-state index < -0.39 is 5.97 Å². The molecule has 0 unspecified atom stereocenters. The van der Waals surface area contributed by atoms with Crippen molar-refractivity contribution >= 4 is 16.9 Å². The molecule has 0 fully saturated rings. The van der Waals surface area contributed by atoms with E-state index in [0.29, 0.717) is 12.3 Å². The van der Waals surface area contributed by atoms with Gasteiger partial charge in [0, 0.05) is 5.39 Å². The Morgan fingerprint density at radius 3 is 2.75 bits per heavy atom. The smallest absolute Gasteiger partial charge is 0.359 e. The molecule has 1 aromatic carbocycles. The Morgan fingerprint density at radius 2 is 2.00 bits per heavy atom. The fourth-order valence-corrected chi connectivity index (χ4v) is 1.95. The van der Waals surface area contributed by atoms with E-state index in [-0.39, 0.29) is 5.69 Å². The Hall–Kier alpha value is -2.76. The minimum absolute atomic E-state index is 0.210. The van der Waals surface area contributed by atoms with E-state index in [2.05, 4.69) is 15.2 Å². The van der Waals surface area contributed by atoms with E-state index in [4.69, 9.17) is 4.74 Å². The van der Waals surface area contributed by atoms with Crippen LogP contribution in [0.1, 0.15) is 17.4 Å². The van der Waals surface area contributed by atoms with Gasteiger partial charge in [-0.25, -0.2) is 9.78 Å². The highest BCUT2D eigenvalue weighted by Crippen LogP contribution is 2.19. The largest absolute Gasteiger partial charge is 0.461 e. The van der Waals surface area contributed by atoms with Crippen molar-refractivity contribution in [2.24, 2.45) is 0 Å². The second-order valence-electron chi connectivity index (χ2n) is 4.09. The third kappa shape index (κ3) is 2.11. The highest BCUT2D eigenvalue weighted by atomic mass is 16.5. The number of pyridine rings is 1. The van der Waals surface area contributed by atoms with Gasteiger partial charge in [0.05, 0.1) is 24.5 Å². The number of rotatable bonds is 3. The zero-order valence-corrected chi connectivity index (χ0v) is 10.9. The lowest BCUT2D eigenvalue weighted by Crippen LogP contribution is -2.13. The highest BCUT2D eigenvalue weighted by molar-refractivity contribution is 5.95. The molecule has 0 amide bonds. The number of fused-ring (bicyclic) bond motifs is 1. The number of esters is 1. The van der Waals surface area contributed by atoms with Gasteiger partial charge in [0.2, 0.25) is 0 Å². The van der Waals surface area contributed by atoms with Crippen molar-refractivity contribution in [2.75, 3.05) is 6.61 Å². The molecule has 0 bridgehead atoms. The average Bonchev–Trinajstić information content (AvgIpc) is 3.00. The molecule has 0 spiro atoms. The first-order chi connectivity index (χ1) is 9.79. The molecule has 0 atom stereocenters. The van der Waals surface area contributed by atoms with Crippen molar-refractivity contribution in [3.05, 3.63) is 48.4 Å². The SMILES string of the molecule is CCOC(=O)c1nc2ccccc2cc1-n1nccn1. The van der Waals surface area contributed by atoms with Crippen molar-refractivity contribution < 1.29 is 9.53 Å². The van der Waals surface area contributed by atoms with E-state index in [1.807, 2.05) is 30.3 Å². The van der Waals surface area contributed by atoms with Gasteiger partial charge in [-0.15, -0.1) is 4.80 Å². The van der Waals surface area contributed by atoms with Crippen LogP contribution in [0.4, 0.5) is 0 Å². The molecule has 0 N–H and O–H groups in total. The summed E-state index contributed by atoms with van der Waals surface area (Å²) in [4.78, 5) is 17.8. The highest BCUT2D eigenvalue weighted by Gasteiger charge is 2.18. The molecule has 0 radical (unpaired) electrons.